The largest absolute Gasteiger partial charge is 0.342 e. The molecule has 0 bridgehead atoms. The van der Waals surface area contributed by atoms with Crippen LogP contribution in [0.2, 0.25) is 5.02 Å². The molecule has 0 saturated carbocycles. The first-order chi connectivity index (χ1) is 13.2. The van der Waals surface area contributed by atoms with Gasteiger partial charge in [-0.25, -0.2) is 0 Å². The van der Waals surface area contributed by atoms with E-state index in [0.717, 1.165) is 73.7 Å². The van der Waals surface area contributed by atoms with Crippen LogP contribution in [0.15, 0.2) is 42.5 Å². The summed E-state index contributed by atoms with van der Waals surface area (Å²) in [4.78, 5) is 21.8. The second-order valence-electron chi connectivity index (χ2n) is 7.54. The standard InChI is InChI=1S/C22H26ClN3O/c23-19-9-2-1-7-17(19)15-18-8-5-10-20(24-18)21-11-6-14-26(21)16-22(27)25-12-3-4-13-25/h1-2,5,7-10,21H,3-4,6,11-16H2/t21-/m1/s1. The van der Waals surface area contributed by atoms with Crippen LogP contribution in [0, 0.1) is 0 Å². The minimum atomic E-state index is 0.239. The topological polar surface area (TPSA) is 36.4 Å². The van der Waals surface area contributed by atoms with E-state index >= 15 is 0 Å². The van der Waals surface area contributed by atoms with E-state index in [1.165, 1.54) is 0 Å². The lowest BCUT2D eigenvalue weighted by molar-refractivity contribution is -0.131. The molecule has 2 aliphatic rings. The lowest BCUT2D eigenvalue weighted by Gasteiger charge is -2.26. The second kappa shape index (κ2) is 8.41. The SMILES string of the molecule is O=C(CN1CCC[C@@H]1c1cccc(Cc2ccccc2Cl)n1)N1CCCC1. The molecule has 3 heterocycles. The predicted molar refractivity (Wildman–Crippen MR) is 108 cm³/mol. The smallest absolute Gasteiger partial charge is 0.236 e. The van der Waals surface area contributed by atoms with Gasteiger partial charge in [0.15, 0.2) is 0 Å². The van der Waals surface area contributed by atoms with E-state index < -0.39 is 0 Å². The molecule has 2 saturated heterocycles. The summed E-state index contributed by atoms with van der Waals surface area (Å²) in [5, 5.41) is 0.781. The van der Waals surface area contributed by atoms with Crippen LogP contribution in [0.1, 0.15) is 48.7 Å². The van der Waals surface area contributed by atoms with E-state index in [9.17, 15) is 4.79 Å². The number of halogens is 1. The van der Waals surface area contributed by atoms with Crippen LogP contribution in [0.25, 0.3) is 0 Å². The van der Waals surface area contributed by atoms with Crippen molar-refractivity contribution >= 4 is 17.5 Å². The summed E-state index contributed by atoms with van der Waals surface area (Å²) in [7, 11) is 0. The zero-order valence-corrected chi connectivity index (χ0v) is 16.4. The summed E-state index contributed by atoms with van der Waals surface area (Å²) >= 11 is 6.31. The summed E-state index contributed by atoms with van der Waals surface area (Å²) in [6.45, 7) is 3.33. The predicted octanol–water partition coefficient (Wildman–Crippen LogP) is 4.09. The molecule has 1 aromatic heterocycles. The Hall–Kier alpha value is -1.91. The normalized spacial score (nSPS) is 20.3. The molecule has 1 atom stereocenters. The number of carbonyl (C=O) groups excluding carboxylic acids is 1. The summed E-state index contributed by atoms with van der Waals surface area (Å²) < 4.78 is 0. The zero-order chi connectivity index (χ0) is 18.6. The molecule has 5 heteroatoms. The minimum absolute atomic E-state index is 0.239. The number of aromatic nitrogens is 1. The molecule has 0 unspecified atom stereocenters. The molecule has 142 valence electrons. The van der Waals surface area contributed by atoms with Crippen LogP contribution < -0.4 is 0 Å². The van der Waals surface area contributed by atoms with Gasteiger partial charge in [-0.15, -0.1) is 0 Å². The van der Waals surface area contributed by atoms with Gasteiger partial charge in [-0.2, -0.15) is 0 Å². The number of hydrogen-bond acceptors (Lipinski definition) is 3. The van der Waals surface area contributed by atoms with Gasteiger partial charge < -0.3 is 4.90 Å². The van der Waals surface area contributed by atoms with E-state index in [2.05, 4.69) is 23.1 Å². The average molecular weight is 384 g/mol. The Labute approximate surface area is 166 Å². The van der Waals surface area contributed by atoms with E-state index in [1.54, 1.807) is 0 Å². The maximum Gasteiger partial charge on any atom is 0.236 e. The number of carbonyl (C=O) groups is 1. The molecule has 1 amide bonds. The fourth-order valence-corrected chi connectivity index (χ4v) is 4.41. The van der Waals surface area contributed by atoms with Crippen molar-refractivity contribution in [2.75, 3.05) is 26.2 Å². The number of rotatable bonds is 5. The highest BCUT2D eigenvalue weighted by Crippen LogP contribution is 2.31. The third kappa shape index (κ3) is 4.33. The Morgan fingerprint density at radius 1 is 1.04 bits per heavy atom. The van der Waals surface area contributed by atoms with Gasteiger partial charge in [0.25, 0.3) is 0 Å². The molecule has 1 aromatic carbocycles. The number of amides is 1. The molecule has 0 radical (unpaired) electrons. The summed E-state index contributed by atoms with van der Waals surface area (Å²) in [6, 6.07) is 14.4. The molecule has 2 aliphatic heterocycles. The van der Waals surface area contributed by atoms with Crippen LogP contribution in [0.3, 0.4) is 0 Å². The third-order valence-electron chi connectivity index (χ3n) is 5.66. The quantitative estimate of drug-likeness (QED) is 0.780. The highest BCUT2D eigenvalue weighted by Gasteiger charge is 2.30. The fraction of sp³-hybridized carbons (Fsp3) is 0.455. The van der Waals surface area contributed by atoms with Gasteiger partial charge in [-0.3, -0.25) is 14.7 Å². The minimum Gasteiger partial charge on any atom is -0.342 e. The Bertz CT molecular complexity index is 804. The molecule has 0 N–H and O–H groups in total. The molecule has 0 spiro atoms. The first kappa shape index (κ1) is 18.5. The van der Waals surface area contributed by atoms with Crippen LogP contribution in [0.5, 0.6) is 0 Å². The summed E-state index contributed by atoms with van der Waals surface area (Å²) in [5.41, 5.74) is 3.20. The second-order valence-corrected chi connectivity index (χ2v) is 7.95. The Balaban J connectivity index is 1.47. The lowest BCUT2D eigenvalue weighted by Crippen LogP contribution is -2.38. The van der Waals surface area contributed by atoms with Gasteiger partial charge in [-0.05, 0) is 56.0 Å². The number of likely N-dealkylation sites (tertiary alicyclic amines) is 2. The molecular formula is C22H26ClN3O. The van der Waals surface area contributed by atoms with Gasteiger partial charge in [0, 0.05) is 30.2 Å². The maximum atomic E-state index is 12.6. The Kier molecular flexibility index (Phi) is 5.74. The van der Waals surface area contributed by atoms with Gasteiger partial charge in [0.05, 0.1) is 18.3 Å². The first-order valence-electron chi connectivity index (χ1n) is 9.92. The van der Waals surface area contributed by atoms with Crippen molar-refractivity contribution in [3.8, 4) is 0 Å². The fourth-order valence-electron chi connectivity index (χ4n) is 4.21. The molecule has 0 aliphatic carbocycles. The number of nitrogens with zero attached hydrogens (tertiary/aromatic N) is 3. The first-order valence-corrected chi connectivity index (χ1v) is 10.3. The summed E-state index contributed by atoms with van der Waals surface area (Å²) in [5.74, 6) is 0.270. The van der Waals surface area contributed by atoms with Crippen molar-refractivity contribution in [2.45, 2.75) is 38.1 Å². The summed E-state index contributed by atoms with van der Waals surface area (Å²) in [6.07, 6.45) is 5.19. The third-order valence-corrected chi connectivity index (χ3v) is 6.03. The molecule has 4 rings (SSSR count). The van der Waals surface area contributed by atoms with Crippen molar-refractivity contribution in [3.05, 3.63) is 64.4 Å². The number of pyridine rings is 1. The van der Waals surface area contributed by atoms with Crippen LogP contribution in [-0.2, 0) is 11.2 Å². The van der Waals surface area contributed by atoms with E-state index in [1.807, 2.05) is 29.2 Å². The van der Waals surface area contributed by atoms with Crippen LogP contribution >= 0.6 is 11.6 Å². The van der Waals surface area contributed by atoms with Crippen LogP contribution in [-0.4, -0.2) is 46.9 Å². The van der Waals surface area contributed by atoms with Gasteiger partial charge in [0.2, 0.25) is 5.91 Å². The van der Waals surface area contributed by atoms with Crippen molar-refractivity contribution in [1.29, 1.82) is 0 Å². The van der Waals surface area contributed by atoms with Crippen molar-refractivity contribution in [2.24, 2.45) is 0 Å². The Morgan fingerprint density at radius 3 is 2.67 bits per heavy atom. The van der Waals surface area contributed by atoms with E-state index in [-0.39, 0.29) is 11.9 Å². The monoisotopic (exact) mass is 383 g/mol. The van der Waals surface area contributed by atoms with Crippen molar-refractivity contribution in [3.63, 3.8) is 0 Å². The lowest BCUT2D eigenvalue weighted by atomic mass is 10.1. The maximum absolute atomic E-state index is 12.6. The zero-order valence-electron chi connectivity index (χ0n) is 15.6. The van der Waals surface area contributed by atoms with Gasteiger partial charge >= 0.3 is 0 Å². The molecule has 2 aromatic rings. The molecular weight excluding hydrogens is 358 g/mol. The average Bonchev–Trinajstić information content (AvgIpc) is 3.36. The van der Waals surface area contributed by atoms with Crippen molar-refractivity contribution in [1.82, 2.24) is 14.8 Å². The van der Waals surface area contributed by atoms with Crippen molar-refractivity contribution < 1.29 is 4.79 Å². The van der Waals surface area contributed by atoms with Crippen LogP contribution in [0.4, 0.5) is 0 Å². The molecule has 4 nitrogen and oxygen atoms in total. The van der Waals surface area contributed by atoms with E-state index in [4.69, 9.17) is 16.6 Å². The van der Waals surface area contributed by atoms with Gasteiger partial charge in [-0.1, -0.05) is 35.9 Å². The molecule has 27 heavy (non-hydrogen) atoms. The number of benzene rings is 1. The molecule has 2 fully saturated rings. The number of hydrogen-bond donors (Lipinski definition) is 0. The highest BCUT2D eigenvalue weighted by atomic mass is 35.5. The van der Waals surface area contributed by atoms with Gasteiger partial charge in [0.1, 0.15) is 0 Å². The Morgan fingerprint density at radius 2 is 1.85 bits per heavy atom. The highest BCUT2D eigenvalue weighted by molar-refractivity contribution is 6.31. The van der Waals surface area contributed by atoms with E-state index in [0.29, 0.717) is 6.54 Å².